The van der Waals surface area contributed by atoms with Crippen molar-refractivity contribution in [1.29, 1.82) is 0 Å². The van der Waals surface area contributed by atoms with Crippen LogP contribution in [0.4, 0.5) is 5.82 Å². The molecule has 0 radical (unpaired) electrons. The van der Waals surface area contributed by atoms with Crippen molar-refractivity contribution >= 4 is 45.8 Å². The van der Waals surface area contributed by atoms with Gasteiger partial charge in [0.15, 0.2) is 6.23 Å². The number of hydrogen-bond donors (Lipinski definition) is 5. The maximum atomic E-state index is 12.0. The van der Waals surface area contributed by atoms with E-state index in [1.807, 2.05) is 13.3 Å². The van der Waals surface area contributed by atoms with Gasteiger partial charge in [-0.1, -0.05) is 12.6 Å². The van der Waals surface area contributed by atoms with E-state index in [4.69, 9.17) is 10.5 Å². The van der Waals surface area contributed by atoms with Crippen LogP contribution in [-0.4, -0.2) is 98.1 Å². The van der Waals surface area contributed by atoms with E-state index in [1.54, 1.807) is 0 Å². The highest BCUT2D eigenvalue weighted by molar-refractivity contribution is 7.92. The van der Waals surface area contributed by atoms with Crippen LogP contribution in [-0.2, 0) is 4.74 Å². The molecule has 6 atom stereocenters. The number of ether oxygens (including phenoxy) is 1. The Hall–Kier alpha value is -0.620. The molecule has 0 spiro atoms. The molecule has 0 saturated carbocycles. The zero-order chi connectivity index (χ0) is 22.2. The Balaban J connectivity index is 2.05. The summed E-state index contributed by atoms with van der Waals surface area (Å²) in [5.41, 5.74) is 4.77. The number of aliphatic hydroxyl groups excluding tert-OH is 2. The number of nitrogens with zero attached hydrogens (tertiary/aromatic N) is 2. The molecule has 1 saturated heterocycles. The molecule has 12 heteroatoms. The predicted molar refractivity (Wildman–Crippen MR) is 126 cm³/mol. The van der Waals surface area contributed by atoms with E-state index in [-0.39, 0.29) is 24.3 Å². The molecule has 0 amide bonds. The summed E-state index contributed by atoms with van der Waals surface area (Å²) in [5.74, 6) is 0.697. The fourth-order valence-electron chi connectivity index (χ4n) is 3.50. The highest BCUT2D eigenvalue weighted by Gasteiger charge is 2.44. The minimum Gasteiger partial charge on any atom is -0.388 e. The van der Waals surface area contributed by atoms with Gasteiger partial charge in [-0.25, -0.2) is 4.79 Å². The molecule has 1 aliphatic heterocycles. The standard InChI is InChI=1S/C17H32N3O6P3/c1-27(2,3)10-29(5,25)11-28(4,24)9-7-12-14(21)15(22)16(26-12)20-8-6-13(18)19-17(20)23/h6,8,12,14-16,21-22,24-25H,1,4-5,7,9-11H2,2-3H3,(H2,18,19,23)/t12-,14?,15+,16-,28?,29?/m1/s1. The van der Waals surface area contributed by atoms with E-state index in [9.17, 15) is 24.8 Å². The van der Waals surface area contributed by atoms with E-state index in [2.05, 4.69) is 23.9 Å². The van der Waals surface area contributed by atoms with Crippen LogP contribution in [0.1, 0.15) is 12.6 Å². The Kier molecular flexibility index (Phi) is 7.53. The molecule has 29 heavy (non-hydrogen) atoms. The number of aliphatic hydroxyl groups is 2. The third-order valence-electron chi connectivity index (χ3n) is 4.47. The van der Waals surface area contributed by atoms with Crippen LogP contribution in [0.25, 0.3) is 0 Å². The van der Waals surface area contributed by atoms with E-state index in [1.165, 1.54) is 12.3 Å². The van der Waals surface area contributed by atoms with Crippen LogP contribution in [0.2, 0.25) is 0 Å². The molecule has 1 fully saturated rings. The van der Waals surface area contributed by atoms with Crippen LogP contribution >= 0.6 is 21.1 Å². The summed E-state index contributed by atoms with van der Waals surface area (Å²) in [6, 6.07) is 1.39. The molecule has 1 aliphatic rings. The maximum Gasteiger partial charge on any atom is 0.351 e. The summed E-state index contributed by atoms with van der Waals surface area (Å²) in [6.45, 7) is 2.49. The van der Waals surface area contributed by atoms with Crippen molar-refractivity contribution in [3.05, 3.63) is 22.7 Å². The van der Waals surface area contributed by atoms with Gasteiger partial charge in [-0.05, 0) is 32.0 Å². The summed E-state index contributed by atoms with van der Waals surface area (Å²) < 4.78 is 6.75. The molecule has 0 aromatic carbocycles. The van der Waals surface area contributed by atoms with Gasteiger partial charge in [0.25, 0.3) is 0 Å². The Morgan fingerprint density at radius 2 is 1.79 bits per heavy atom. The quantitative estimate of drug-likeness (QED) is 0.340. The first kappa shape index (κ1) is 24.6. The molecular formula is C17H32N3O6P3. The SMILES string of the molecule is C=P(C)(C)CP(=C)(O)CP(=C)(O)CC[C@H]1O[C@@H](n2ccc(N)nc2=O)[C@@H](O)C1O. The maximum absolute atomic E-state index is 12.0. The third kappa shape index (κ3) is 6.95. The number of hydrogen-bond acceptors (Lipinski definition) is 8. The smallest absolute Gasteiger partial charge is 0.351 e. The van der Waals surface area contributed by atoms with E-state index < -0.39 is 51.3 Å². The van der Waals surface area contributed by atoms with Gasteiger partial charge in [-0.2, -0.15) is 4.98 Å². The highest BCUT2D eigenvalue weighted by atomic mass is 31.2. The highest BCUT2D eigenvalue weighted by Crippen LogP contribution is 2.62. The molecule has 2 rings (SSSR count). The summed E-state index contributed by atoms with van der Waals surface area (Å²) in [4.78, 5) is 37.0. The molecule has 6 N–H and O–H groups in total. The lowest BCUT2D eigenvalue weighted by Gasteiger charge is -2.29. The van der Waals surface area contributed by atoms with Crippen LogP contribution in [0.15, 0.2) is 17.1 Å². The Labute approximate surface area is 171 Å². The average Bonchev–Trinajstić information content (AvgIpc) is 2.78. The van der Waals surface area contributed by atoms with Crippen molar-refractivity contribution in [2.45, 2.75) is 31.0 Å². The summed E-state index contributed by atoms with van der Waals surface area (Å²) in [6.07, 6.45) is 9.18. The lowest BCUT2D eigenvalue weighted by atomic mass is 10.1. The van der Waals surface area contributed by atoms with Crippen molar-refractivity contribution in [3.8, 4) is 0 Å². The molecule has 0 bridgehead atoms. The van der Waals surface area contributed by atoms with Gasteiger partial charge < -0.3 is 30.5 Å². The lowest BCUT2D eigenvalue weighted by molar-refractivity contribution is -0.0402. The van der Waals surface area contributed by atoms with Crippen LogP contribution in [0.3, 0.4) is 0 Å². The van der Waals surface area contributed by atoms with E-state index in [0.29, 0.717) is 5.90 Å². The first-order valence-electron chi connectivity index (χ1n) is 9.02. The summed E-state index contributed by atoms with van der Waals surface area (Å²) in [5, 5.41) is 20.6. The molecule has 1 aromatic heterocycles. The largest absolute Gasteiger partial charge is 0.388 e. The normalized spacial score (nSPS) is 29.3. The fourth-order valence-corrected chi connectivity index (χ4v) is 15.6. The zero-order valence-electron chi connectivity index (χ0n) is 16.8. The van der Waals surface area contributed by atoms with Gasteiger partial charge in [0.1, 0.15) is 18.0 Å². The summed E-state index contributed by atoms with van der Waals surface area (Å²) >= 11 is 0. The Bertz CT molecular complexity index is 943. The number of nitrogen functional groups attached to an aromatic ring is 1. The van der Waals surface area contributed by atoms with Crippen LogP contribution < -0.4 is 11.4 Å². The van der Waals surface area contributed by atoms with Gasteiger partial charge in [0.05, 0.1) is 6.10 Å². The second kappa shape index (κ2) is 8.86. The lowest BCUT2D eigenvalue weighted by Crippen LogP contribution is -2.35. The fraction of sp³-hybridized carbons (Fsp3) is 0.588. The average molecular weight is 467 g/mol. The molecule has 3 unspecified atom stereocenters. The zero-order valence-corrected chi connectivity index (χ0v) is 19.5. The topological polar surface area (TPSA) is 151 Å². The van der Waals surface area contributed by atoms with Crippen molar-refractivity contribution in [3.63, 3.8) is 0 Å². The van der Waals surface area contributed by atoms with Crippen molar-refractivity contribution in [1.82, 2.24) is 9.55 Å². The van der Waals surface area contributed by atoms with Gasteiger partial charge >= 0.3 is 5.69 Å². The molecular weight excluding hydrogens is 435 g/mol. The second-order valence-electron chi connectivity index (χ2n) is 8.51. The van der Waals surface area contributed by atoms with Crippen molar-refractivity contribution < 1.29 is 24.7 Å². The monoisotopic (exact) mass is 467 g/mol. The first-order chi connectivity index (χ1) is 13.1. The minimum atomic E-state index is -2.75. The van der Waals surface area contributed by atoms with Gasteiger partial charge in [0.2, 0.25) is 0 Å². The number of rotatable bonds is 8. The van der Waals surface area contributed by atoms with Gasteiger partial charge in [-0.3, -0.25) is 4.57 Å². The predicted octanol–water partition coefficient (Wildman–Crippen LogP) is 0.173. The van der Waals surface area contributed by atoms with E-state index >= 15 is 0 Å². The van der Waals surface area contributed by atoms with Crippen molar-refractivity contribution in [2.24, 2.45) is 0 Å². The molecule has 2 heterocycles. The molecule has 166 valence electrons. The van der Waals surface area contributed by atoms with Gasteiger partial charge in [-0.15, -0.1) is 13.2 Å². The van der Waals surface area contributed by atoms with E-state index in [0.717, 1.165) is 4.57 Å². The molecule has 0 aliphatic carbocycles. The van der Waals surface area contributed by atoms with Crippen molar-refractivity contribution in [2.75, 3.05) is 37.0 Å². The number of aromatic nitrogens is 2. The minimum absolute atomic E-state index is 0.0413. The Morgan fingerprint density at radius 3 is 2.34 bits per heavy atom. The molecule has 1 aromatic rings. The molecule has 9 nitrogen and oxygen atoms in total. The number of anilines is 1. The number of nitrogens with two attached hydrogens (primary N) is 1. The Morgan fingerprint density at radius 1 is 1.17 bits per heavy atom. The van der Waals surface area contributed by atoms with Gasteiger partial charge in [0, 0.05) is 32.2 Å². The second-order valence-corrected chi connectivity index (χ2v) is 19.5. The van der Waals surface area contributed by atoms with Crippen LogP contribution in [0, 0.1) is 0 Å². The third-order valence-corrected chi connectivity index (χ3v) is 14.9. The van der Waals surface area contributed by atoms with Crippen LogP contribution in [0.5, 0.6) is 0 Å². The first-order valence-corrected chi connectivity index (χ1v) is 16.7. The summed E-state index contributed by atoms with van der Waals surface area (Å²) in [7, 11) is -5.34.